The zero-order valence-corrected chi connectivity index (χ0v) is 47.4. The molecule has 2 aromatic heterocycles. The summed E-state index contributed by atoms with van der Waals surface area (Å²) >= 11 is 0. The molecule has 81 heavy (non-hydrogen) atoms. The van der Waals surface area contributed by atoms with Crippen LogP contribution in [0.25, 0.3) is 22.9 Å². The highest BCUT2D eigenvalue weighted by atomic mass is 16.6. The van der Waals surface area contributed by atoms with E-state index < -0.39 is 11.6 Å². The summed E-state index contributed by atoms with van der Waals surface area (Å²) in [5.41, 5.74) is 9.78. The third kappa shape index (κ3) is 18.9. The average molecular weight is 1090 g/mol. The zero-order chi connectivity index (χ0) is 57.1. The molecule has 9 rings (SSSR count). The van der Waals surface area contributed by atoms with E-state index in [0.29, 0.717) is 64.0 Å². The highest BCUT2D eigenvalue weighted by molar-refractivity contribution is 5.72. The molecule has 0 bridgehead atoms. The van der Waals surface area contributed by atoms with Crippen molar-refractivity contribution in [2.24, 2.45) is 0 Å². The number of carbonyl (C=O) groups excluding carboxylic acids is 1. The Hall–Kier alpha value is -8.78. The lowest BCUT2D eigenvalue weighted by atomic mass is 10.1. The van der Waals surface area contributed by atoms with Crippen LogP contribution >= 0.6 is 0 Å². The number of aliphatic carboxylic acids is 1. The van der Waals surface area contributed by atoms with Crippen LogP contribution < -0.4 is 14.2 Å². The predicted molar refractivity (Wildman–Crippen MR) is 315 cm³/mol. The normalized spacial score (nSPS) is 11.3. The molecule has 13 nitrogen and oxygen atoms in total. The molecular weight excluding hydrogens is 1020 g/mol. The van der Waals surface area contributed by atoms with E-state index in [2.05, 4.69) is 46.1 Å². The van der Waals surface area contributed by atoms with Crippen LogP contribution in [0, 0.1) is 27.7 Å². The second-order valence-corrected chi connectivity index (χ2v) is 21.1. The van der Waals surface area contributed by atoms with Gasteiger partial charge in [-0.25, -0.2) is 9.97 Å². The minimum atomic E-state index is -0.868. The van der Waals surface area contributed by atoms with Crippen LogP contribution in [0.3, 0.4) is 0 Å². The largest absolute Gasteiger partial charge is 0.493 e. The summed E-state index contributed by atoms with van der Waals surface area (Å²) in [6.45, 7) is 17.0. The number of hydrogen-bond donors (Lipinski definition) is 1. The van der Waals surface area contributed by atoms with E-state index in [1.165, 1.54) is 5.56 Å². The lowest BCUT2D eigenvalue weighted by molar-refractivity contribution is -0.156. The molecule has 0 unspecified atom stereocenters. The van der Waals surface area contributed by atoms with Crippen LogP contribution in [0.2, 0.25) is 0 Å². The second-order valence-electron chi connectivity index (χ2n) is 21.1. The summed E-state index contributed by atoms with van der Waals surface area (Å²) in [5, 5.41) is 9.50. The highest BCUT2D eigenvalue weighted by Gasteiger charge is 2.21. The predicted octanol–water partition coefficient (Wildman–Crippen LogP) is 14.4. The number of carbonyl (C=O) groups is 2. The summed E-state index contributed by atoms with van der Waals surface area (Å²) < 4.78 is 35.2. The number of nitrogens with zero attached hydrogens (tertiary/aromatic N) is 4. The van der Waals surface area contributed by atoms with Gasteiger partial charge < -0.3 is 32.9 Å². The van der Waals surface area contributed by atoms with Crippen molar-refractivity contribution in [1.82, 2.24) is 19.8 Å². The van der Waals surface area contributed by atoms with Gasteiger partial charge in [0, 0.05) is 50.1 Å². The molecule has 0 atom stereocenters. The fourth-order valence-corrected chi connectivity index (χ4v) is 8.93. The Balaban J connectivity index is 0.000000213. The molecule has 7 aromatic carbocycles. The van der Waals surface area contributed by atoms with Crippen molar-refractivity contribution in [2.45, 2.75) is 93.1 Å². The first-order chi connectivity index (χ1) is 39.0. The molecule has 0 saturated heterocycles. The molecule has 0 aliphatic rings. The Kier molecular flexibility index (Phi) is 20.5. The van der Waals surface area contributed by atoms with Crippen molar-refractivity contribution in [3.8, 4) is 45.9 Å². The smallest absolute Gasteiger partial charge is 0.320 e. The molecule has 0 fully saturated rings. The molecule has 1 N–H and O–H groups in total. The first kappa shape index (κ1) is 58.4. The van der Waals surface area contributed by atoms with Crippen molar-refractivity contribution in [3.05, 3.63) is 238 Å². The Morgan fingerprint density at radius 1 is 0.481 bits per heavy atom. The quantitative estimate of drug-likeness (QED) is 0.0572. The van der Waals surface area contributed by atoms with Crippen LogP contribution in [-0.4, -0.2) is 68.7 Å². The molecule has 418 valence electrons. The summed E-state index contributed by atoms with van der Waals surface area (Å²) in [7, 11) is 0. The van der Waals surface area contributed by atoms with Gasteiger partial charge >= 0.3 is 11.9 Å². The number of ether oxygens (including phenoxy) is 4. The number of carboxylic acid groups (broad SMARTS) is 1. The molecule has 0 aliphatic heterocycles. The van der Waals surface area contributed by atoms with Gasteiger partial charge in [0.05, 0.1) is 37.7 Å². The molecule has 0 amide bonds. The van der Waals surface area contributed by atoms with E-state index in [-0.39, 0.29) is 19.1 Å². The van der Waals surface area contributed by atoms with Gasteiger partial charge in [-0.15, -0.1) is 0 Å². The highest BCUT2D eigenvalue weighted by Crippen LogP contribution is 2.26. The van der Waals surface area contributed by atoms with Crippen LogP contribution in [0.5, 0.6) is 23.0 Å². The van der Waals surface area contributed by atoms with Gasteiger partial charge in [0.25, 0.3) is 0 Å². The van der Waals surface area contributed by atoms with Gasteiger partial charge in [-0.05, 0) is 149 Å². The van der Waals surface area contributed by atoms with E-state index in [9.17, 15) is 14.7 Å². The molecule has 0 spiro atoms. The van der Waals surface area contributed by atoms with Gasteiger partial charge in [-0.1, -0.05) is 115 Å². The number of aromatic nitrogens is 2. The Bertz CT molecular complexity index is 3390. The fraction of sp³-hybridized carbons (Fsp3) is 0.265. The Labute approximate surface area is 475 Å². The standard InChI is InChI=1S/C35H34N2O5.C33H38N2O4/c1-25-7-6-10-32(21-25)42-31-17-13-28(14-18-31)23-37(24-34(38)39)22-27-11-15-30(16-12-27)40-20-19-33-26(2)41-35(36-33)29-8-4-3-5-9-29;1-24-11-13-26(14-12-24)21-35(23-31(36)39-33(3,4)5)22-27-15-17-29(18-16-27)37-20-19-30-25(2)38-32(34-30)28-9-7-6-8-10-28/h3-18,21H,19-20,22-24H2,1-2H3,(H,38,39);6-18H,19-23H2,1-5H3. The summed E-state index contributed by atoms with van der Waals surface area (Å²) in [4.78, 5) is 37.5. The third-order valence-corrected chi connectivity index (χ3v) is 12.9. The molecular formula is C68H72N4O9. The monoisotopic (exact) mass is 1090 g/mol. The van der Waals surface area contributed by atoms with Crippen LogP contribution in [0.15, 0.2) is 191 Å². The maximum atomic E-state index is 12.6. The van der Waals surface area contributed by atoms with Gasteiger partial charge in [0.15, 0.2) is 0 Å². The number of aryl methyl sites for hydroxylation is 4. The maximum Gasteiger partial charge on any atom is 0.320 e. The van der Waals surface area contributed by atoms with Crippen molar-refractivity contribution >= 4 is 11.9 Å². The lowest BCUT2D eigenvalue weighted by Crippen LogP contribution is -2.34. The first-order valence-corrected chi connectivity index (χ1v) is 27.3. The minimum Gasteiger partial charge on any atom is -0.493 e. The fourth-order valence-electron chi connectivity index (χ4n) is 8.93. The third-order valence-electron chi connectivity index (χ3n) is 12.9. The maximum absolute atomic E-state index is 12.6. The van der Waals surface area contributed by atoms with Crippen LogP contribution in [-0.2, 0) is 53.3 Å². The SMILES string of the molecule is Cc1ccc(CN(CC(=O)OC(C)(C)C)Cc2ccc(OCCc3nc(-c4ccccc4)oc3C)cc2)cc1.Cc1cccc(Oc2ccc(CN(CC(=O)O)Cc3ccc(OCCc4nc(-c5ccccc5)oc4C)cc3)cc2)c1. The van der Waals surface area contributed by atoms with E-state index in [1.54, 1.807) is 0 Å². The number of benzene rings is 7. The van der Waals surface area contributed by atoms with Gasteiger partial charge in [-0.2, -0.15) is 0 Å². The molecule has 0 aliphatic carbocycles. The summed E-state index contributed by atoms with van der Waals surface area (Å²) in [6, 6.07) is 59.6. The van der Waals surface area contributed by atoms with E-state index in [0.717, 1.165) is 84.9 Å². The molecule has 0 saturated carbocycles. The lowest BCUT2D eigenvalue weighted by Gasteiger charge is -2.25. The average Bonchev–Trinajstić information content (AvgIpc) is 4.14. The van der Waals surface area contributed by atoms with Crippen molar-refractivity contribution < 1.29 is 42.5 Å². The van der Waals surface area contributed by atoms with Gasteiger partial charge in [0.2, 0.25) is 11.8 Å². The van der Waals surface area contributed by atoms with Crippen molar-refractivity contribution in [2.75, 3.05) is 26.3 Å². The molecule has 9 aromatic rings. The van der Waals surface area contributed by atoms with Gasteiger partial charge in [0.1, 0.15) is 40.1 Å². The Morgan fingerprint density at radius 3 is 1.32 bits per heavy atom. The topological polar surface area (TPSA) is 150 Å². The van der Waals surface area contributed by atoms with Crippen molar-refractivity contribution in [1.29, 1.82) is 0 Å². The van der Waals surface area contributed by atoms with E-state index in [1.807, 2.05) is 204 Å². The van der Waals surface area contributed by atoms with Crippen LogP contribution in [0.4, 0.5) is 0 Å². The van der Waals surface area contributed by atoms with Crippen LogP contribution in [0.1, 0.15) is 77.1 Å². The van der Waals surface area contributed by atoms with E-state index in [4.69, 9.17) is 27.8 Å². The number of esters is 1. The summed E-state index contributed by atoms with van der Waals surface area (Å²) in [5.74, 6) is 4.82. The first-order valence-electron chi connectivity index (χ1n) is 27.3. The summed E-state index contributed by atoms with van der Waals surface area (Å²) in [6.07, 6.45) is 1.29. The second kappa shape index (κ2) is 28.4. The number of hydrogen-bond acceptors (Lipinski definition) is 12. The number of oxazole rings is 2. The minimum absolute atomic E-state index is 0.0676. The van der Waals surface area contributed by atoms with Crippen molar-refractivity contribution in [3.63, 3.8) is 0 Å². The van der Waals surface area contributed by atoms with E-state index >= 15 is 0 Å². The number of carboxylic acids is 1. The Morgan fingerprint density at radius 2 is 0.901 bits per heavy atom. The van der Waals surface area contributed by atoms with Gasteiger partial charge in [-0.3, -0.25) is 19.4 Å². The molecule has 0 radical (unpaired) electrons. The zero-order valence-electron chi connectivity index (χ0n) is 47.4. The number of rotatable bonds is 24. The molecule has 13 heteroatoms. The molecule has 2 heterocycles.